The summed E-state index contributed by atoms with van der Waals surface area (Å²) in [4.78, 5) is 23.8. The molecular weight excluding hydrogens is 352 g/mol. The lowest BCUT2D eigenvalue weighted by atomic mass is 9.96. The van der Waals surface area contributed by atoms with E-state index in [2.05, 4.69) is 16.0 Å². The maximum absolute atomic E-state index is 12.0. The van der Waals surface area contributed by atoms with Crippen molar-refractivity contribution in [1.82, 2.24) is 16.0 Å². The quantitative estimate of drug-likeness (QED) is 0.457. The van der Waals surface area contributed by atoms with Crippen LogP contribution in [-0.2, 0) is 4.79 Å². The summed E-state index contributed by atoms with van der Waals surface area (Å²) in [7, 11) is 0. The molecule has 26 heavy (non-hydrogen) atoms. The Hall–Kier alpha value is -1.01. The number of rotatable bonds is 9. The summed E-state index contributed by atoms with van der Waals surface area (Å²) in [6, 6.07) is 0.590. The molecule has 2 aliphatic rings. The smallest absolute Gasteiger partial charge is 0.315 e. The van der Waals surface area contributed by atoms with Gasteiger partial charge in [0.1, 0.15) is 0 Å². The van der Waals surface area contributed by atoms with E-state index in [4.69, 9.17) is 5.73 Å². The average Bonchev–Trinajstić information content (AvgIpc) is 3.06. The third-order valence-electron chi connectivity index (χ3n) is 5.61. The Balaban J connectivity index is 0.00000338. The molecule has 6 nitrogen and oxygen atoms in total. The molecule has 0 spiro atoms. The third-order valence-corrected chi connectivity index (χ3v) is 5.61. The number of hydrogen-bond acceptors (Lipinski definition) is 3. The summed E-state index contributed by atoms with van der Waals surface area (Å²) in [5.41, 5.74) is 5.75. The third kappa shape index (κ3) is 8.58. The van der Waals surface area contributed by atoms with E-state index < -0.39 is 0 Å². The van der Waals surface area contributed by atoms with Crippen molar-refractivity contribution in [2.24, 2.45) is 11.7 Å². The van der Waals surface area contributed by atoms with E-state index in [1.54, 1.807) is 0 Å². The molecule has 0 radical (unpaired) electrons. The van der Waals surface area contributed by atoms with Crippen LogP contribution in [0.5, 0.6) is 0 Å². The van der Waals surface area contributed by atoms with Crippen molar-refractivity contribution in [3.63, 3.8) is 0 Å². The fourth-order valence-electron chi connectivity index (χ4n) is 4.06. The molecule has 3 amide bonds. The maximum atomic E-state index is 12.0. The number of unbranched alkanes of at least 4 members (excludes halogenated alkanes) is 2. The van der Waals surface area contributed by atoms with E-state index in [0.717, 1.165) is 44.9 Å². The van der Waals surface area contributed by atoms with E-state index in [9.17, 15) is 9.59 Å². The Morgan fingerprint density at radius 2 is 1.65 bits per heavy atom. The second kappa shape index (κ2) is 13.2. The highest BCUT2D eigenvalue weighted by molar-refractivity contribution is 5.85. The Bertz CT molecular complexity index is 416. The van der Waals surface area contributed by atoms with Crippen LogP contribution in [0.25, 0.3) is 0 Å². The topological polar surface area (TPSA) is 96.2 Å². The van der Waals surface area contributed by atoms with E-state index >= 15 is 0 Å². The van der Waals surface area contributed by atoms with Gasteiger partial charge in [-0.3, -0.25) is 4.79 Å². The van der Waals surface area contributed by atoms with Crippen molar-refractivity contribution in [3.8, 4) is 0 Å². The lowest BCUT2D eigenvalue weighted by molar-refractivity contribution is -0.122. The molecule has 152 valence electrons. The molecule has 0 heterocycles. The molecule has 2 fully saturated rings. The number of nitrogens with one attached hydrogen (secondary N) is 3. The van der Waals surface area contributed by atoms with Crippen LogP contribution >= 0.6 is 12.4 Å². The normalized spacial score (nSPS) is 23.1. The predicted octanol–water partition coefficient (Wildman–Crippen LogP) is 2.84. The first-order valence-electron chi connectivity index (χ1n) is 10.2. The van der Waals surface area contributed by atoms with Gasteiger partial charge in [0, 0.05) is 25.0 Å². The monoisotopic (exact) mass is 388 g/mol. The van der Waals surface area contributed by atoms with Crippen LogP contribution in [0.2, 0.25) is 0 Å². The van der Waals surface area contributed by atoms with Crippen LogP contribution in [0.1, 0.15) is 77.0 Å². The summed E-state index contributed by atoms with van der Waals surface area (Å²) in [6.07, 6.45) is 12.6. The van der Waals surface area contributed by atoms with Gasteiger partial charge < -0.3 is 21.7 Å². The van der Waals surface area contributed by atoms with Crippen molar-refractivity contribution in [1.29, 1.82) is 0 Å². The zero-order chi connectivity index (χ0) is 17.9. The molecule has 0 aromatic rings. The zero-order valence-electron chi connectivity index (χ0n) is 15.9. The van der Waals surface area contributed by atoms with Crippen molar-refractivity contribution in [3.05, 3.63) is 0 Å². The van der Waals surface area contributed by atoms with Gasteiger partial charge in [-0.15, -0.1) is 12.4 Å². The molecule has 5 N–H and O–H groups in total. The predicted molar refractivity (Wildman–Crippen MR) is 107 cm³/mol. The molecule has 0 aromatic heterocycles. The first-order valence-corrected chi connectivity index (χ1v) is 10.2. The number of halogens is 1. The lowest BCUT2D eigenvalue weighted by Gasteiger charge is -2.22. The van der Waals surface area contributed by atoms with Crippen LogP contribution in [0.15, 0.2) is 0 Å². The number of hydrogen-bond donors (Lipinski definition) is 4. The Morgan fingerprint density at radius 1 is 0.885 bits per heavy atom. The maximum Gasteiger partial charge on any atom is 0.315 e. The molecule has 2 rings (SSSR count). The molecule has 2 saturated carbocycles. The molecule has 0 aliphatic heterocycles. The standard InChI is InChI=1S/C19H36N4O2.ClH/c20-14-15-8-7-11-17(15)23-18(24)12-5-2-6-13-21-19(25)22-16-9-3-1-4-10-16;/h15-17H,1-14,20H2,(H,23,24)(H2,21,22,25);1H. The van der Waals surface area contributed by atoms with Crippen LogP contribution in [0, 0.1) is 5.92 Å². The largest absolute Gasteiger partial charge is 0.353 e. The summed E-state index contributed by atoms with van der Waals surface area (Å²) >= 11 is 0. The fourth-order valence-corrected chi connectivity index (χ4v) is 4.06. The highest BCUT2D eigenvalue weighted by Crippen LogP contribution is 2.24. The first-order chi connectivity index (χ1) is 12.2. The SMILES string of the molecule is Cl.NCC1CCCC1NC(=O)CCCCCNC(=O)NC1CCCCC1. The van der Waals surface area contributed by atoms with E-state index in [-0.39, 0.29) is 30.4 Å². The highest BCUT2D eigenvalue weighted by atomic mass is 35.5. The van der Waals surface area contributed by atoms with Crippen molar-refractivity contribution < 1.29 is 9.59 Å². The van der Waals surface area contributed by atoms with E-state index in [1.165, 1.54) is 25.7 Å². The summed E-state index contributed by atoms with van der Waals surface area (Å²) in [5.74, 6) is 0.601. The van der Waals surface area contributed by atoms with Crippen LogP contribution in [0.3, 0.4) is 0 Å². The molecule has 2 aliphatic carbocycles. The molecule has 0 bridgehead atoms. The van der Waals surface area contributed by atoms with E-state index in [0.29, 0.717) is 31.5 Å². The molecule has 2 atom stereocenters. The molecule has 7 heteroatoms. The van der Waals surface area contributed by atoms with Gasteiger partial charge in [0.15, 0.2) is 0 Å². The minimum atomic E-state index is -0.0429. The van der Waals surface area contributed by atoms with Gasteiger partial charge in [0.25, 0.3) is 0 Å². The number of nitrogens with two attached hydrogens (primary N) is 1. The summed E-state index contributed by atoms with van der Waals surface area (Å²) in [6.45, 7) is 1.34. The Labute approximate surface area is 164 Å². The summed E-state index contributed by atoms with van der Waals surface area (Å²) < 4.78 is 0. The minimum absolute atomic E-state index is 0. The Morgan fingerprint density at radius 3 is 2.38 bits per heavy atom. The zero-order valence-corrected chi connectivity index (χ0v) is 16.8. The summed E-state index contributed by atoms with van der Waals surface area (Å²) in [5, 5.41) is 9.12. The molecule has 0 aromatic carbocycles. The first kappa shape index (κ1) is 23.0. The minimum Gasteiger partial charge on any atom is -0.353 e. The van der Waals surface area contributed by atoms with Gasteiger partial charge in [-0.1, -0.05) is 32.1 Å². The van der Waals surface area contributed by atoms with Crippen molar-refractivity contribution >= 4 is 24.3 Å². The Kier molecular flexibility index (Phi) is 11.7. The number of carbonyl (C=O) groups excluding carboxylic acids is 2. The van der Waals surface area contributed by atoms with Crippen LogP contribution in [-0.4, -0.2) is 37.1 Å². The van der Waals surface area contributed by atoms with Gasteiger partial charge >= 0.3 is 6.03 Å². The van der Waals surface area contributed by atoms with Crippen molar-refractivity contribution in [2.75, 3.05) is 13.1 Å². The highest BCUT2D eigenvalue weighted by Gasteiger charge is 2.26. The van der Waals surface area contributed by atoms with Gasteiger partial charge in [-0.25, -0.2) is 4.79 Å². The van der Waals surface area contributed by atoms with E-state index in [1.807, 2.05) is 0 Å². The molecule has 0 saturated heterocycles. The number of urea groups is 1. The van der Waals surface area contributed by atoms with Crippen LogP contribution in [0.4, 0.5) is 4.79 Å². The molecule has 2 unspecified atom stereocenters. The fraction of sp³-hybridized carbons (Fsp3) is 0.895. The second-order valence-corrected chi connectivity index (χ2v) is 7.65. The molecular formula is C19H37ClN4O2. The van der Waals surface area contributed by atoms with Crippen LogP contribution < -0.4 is 21.7 Å². The van der Waals surface area contributed by atoms with Crippen molar-refractivity contribution in [2.45, 2.75) is 89.1 Å². The van der Waals surface area contributed by atoms with Gasteiger partial charge in [-0.2, -0.15) is 0 Å². The average molecular weight is 389 g/mol. The van der Waals surface area contributed by atoms with Gasteiger partial charge in [0.05, 0.1) is 0 Å². The second-order valence-electron chi connectivity index (χ2n) is 7.65. The van der Waals surface area contributed by atoms with Gasteiger partial charge in [0.2, 0.25) is 5.91 Å². The number of carbonyl (C=O) groups is 2. The van der Waals surface area contributed by atoms with Gasteiger partial charge in [-0.05, 0) is 51.0 Å². The number of amides is 3. The lowest BCUT2D eigenvalue weighted by Crippen LogP contribution is -2.43.